The Hall–Kier alpha value is -3.15. The summed E-state index contributed by atoms with van der Waals surface area (Å²) in [5.74, 6) is 0.736. The third-order valence-electron chi connectivity index (χ3n) is 5.05. The highest BCUT2D eigenvalue weighted by Gasteiger charge is 2.19. The van der Waals surface area contributed by atoms with Crippen molar-refractivity contribution in [2.75, 3.05) is 18.0 Å². The summed E-state index contributed by atoms with van der Waals surface area (Å²) in [6.45, 7) is 1.67. The molecule has 0 spiro atoms. The summed E-state index contributed by atoms with van der Waals surface area (Å²) >= 11 is 0. The van der Waals surface area contributed by atoms with Crippen LogP contribution in [0, 0.1) is 0 Å². The number of carbonyl (C=O) groups is 1. The lowest BCUT2D eigenvalue weighted by Crippen LogP contribution is -2.39. The molecule has 3 aromatic rings. The fourth-order valence-corrected chi connectivity index (χ4v) is 3.65. The van der Waals surface area contributed by atoms with Crippen LogP contribution in [0.25, 0.3) is 22.0 Å². The fraction of sp³-hybridized carbons (Fsp3) is 0.286. The number of aromatic nitrogens is 2. The van der Waals surface area contributed by atoms with E-state index in [9.17, 15) is 4.79 Å². The number of primary amides is 1. The largest absolute Gasteiger partial charge is 0.352 e. The standard InChI is InChI=1S/C21H23N5O/c22-20(27)24-18-6-3-12-26(13-10-18)21-23-11-9-19(25-21)17-8-7-15-4-1-2-5-16(15)14-17/h1-2,4-5,7-9,11,14,18H,3,6,10,12-13H2,(H3,22,24,27). The number of urea groups is 1. The normalized spacial score (nSPS) is 17.5. The summed E-state index contributed by atoms with van der Waals surface area (Å²) in [6, 6.07) is 16.3. The minimum absolute atomic E-state index is 0.121. The number of fused-ring (bicyclic) bond motifs is 1. The van der Waals surface area contributed by atoms with Crippen LogP contribution in [0.4, 0.5) is 10.7 Å². The average molecular weight is 361 g/mol. The van der Waals surface area contributed by atoms with E-state index in [0.717, 1.165) is 49.6 Å². The Morgan fingerprint density at radius 3 is 2.78 bits per heavy atom. The number of hydrogen-bond acceptors (Lipinski definition) is 4. The number of nitrogens with one attached hydrogen (secondary N) is 1. The topological polar surface area (TPSA) is 84.1 Å². The second-order valence-corrected chi connectivity index (χ2v) is 6.93. The van der Waals surface area contributed by atoms with Crippen LogP contribution in [-0.2, 0) is 0 Å². The minimum atomic E-state index is -0.456. The van der Waals surface area contributed by atoms with Crippen LogP contribution in [0.15, 0.2) is 54.7 Å². The lowest BCUT2D eigenvalue weighted by molar-refractivity contribution is 0.244. The summed E-state index contributed by atoms with van der Waals surface area (Å²) in [4.78, 5) is 22.6. The molecule has 1 fully saturated rings. The van der Waals surface area contributed by atoms with E-state index in [0.29, 0.717) is 0 Å². The first-order valence-corrected chi connectivity index (χ1v) is 9.32. The maximum atomic E-state index is 11.1. The molecule has 6 nitrogen and oxygen atoms in total. The highest BCUT2D eigenvalue weighted by molar-refractivity contribution is 5.86. The van der Waals surface area contributed by atoms with Gasteiger partial charge in [0.15, 0.2) is 0 Å². The van der Waals surface area contributed by atoms with Crippen LogP contribution < -0.4 is 16.0 Å². The number of rotatable bonds is 3. The predicted octanol–water partition coefficient (Wildman–Crippen LogP) is 3.32. The van der Waals surface area contributed by atoms with E-state index in [-0.39, 0.29) is 6.04 Å². The van der Waals surface area contributed by atoms with Crippen molar-refractivity contribution in [3.05, 3.63) is 54.7 Å². The molecule has 0 radical (unpaired) electrons. The van der Waals surface area contributed by atoms with Gasteiger partial charge in [0, 0.05) is 30.9 Å². The van der Waals surface area contributed by atoms with Gasteiger partial charge in [0.05, 0.1) is 5.69 Å². The van der Waals surface area contributed by atoms with Crippen molar-refractivity contribution in [3.8, 4) is 11.3 Å². The second kappa shape index (κ2) is 7.61. The molecule has 2 heterocycles. The van der Waals surface area contributed by atoms with Gasteiger partial charge in [0.1, 0.15) is 0 Å². The molecule has 3 N–H and O–H groups in total. The molecule has 1 aliphatic heterocycles. The van der Waals surface area contributed by atoms with Crippen LogP contribution >= 0.6 is 0 Å². The van der Waals surface area contributed by atoms with Gasteiger partial charge >= 0.3 is 6.03 Å². The molecule has 1 saturated heterocycles. The molecule has 6 heteroatoms. The van der Waals surface area contributed by atoms with Gasteiger partial charge in [0.2, 0.25) is 5.95 Å². The molecule has 2 aromatic carbocycles. The van der Waals surface area contributed by atoms with Crippen molar-refractivity contribution in [3.63, 3.8) is 0 Å². The summed E-state index contributed by atoms with van der Waals surface area (Å²) in [7, 11) is 0. The zero-order valence-electron chi connectivity index (χ0n) is 15.1. The minimum Gasteiger partial charge on any atom is -0.352 e. The molecule has 0 aliphatic carbocycles. The van der Waals surface area contributed by atoms with Crippen LogP contribution in [0.1, 0.15) is 19.3 Å². The number of benzene rings is 2. The molecule has 1 unspecified atom stereocenters. The Labute approximate surface area is 158 Å². The third-order valence-corrected chi connectivity index (χ3v) is 5.05. The van der Waals surface area contributed by atoms with Crippen molar-refractivity contribution in [1.29, 1.82) is 0 Å². The van der Waals surface area contributed by atoms with Gasteiger partial charge in [-0.2, -0.15) is 0 Å². The van der Waals surface area contributed by atoms with Crippen LogP contribution in [0.5, 0.6) is 0 Å². The van der Waals surface area contributed by atoms with E-state index < -0.39 is 6.03 Å². The van der Waals surface area contributed by atoms with Crippen LogP contribution in [-0.4, -0.2) is 35.1 Å². The molecular formula is C21H23N5O. The Kier molecular flexibility index (Phi) is 4.87. The number of carbonyl (C=O) groups excluding carboxylic acids is 1. The summed E-state index contributed by atoms with van der Waals surface area (Å²) < 4.78 is 0. The molecule has 1 aromatic heterocycles. The van der Waals surface area contributed by atoms with Gasteiger partial charge in [-0.1, -0.05) is 36.4 Å². The molecule has 0 saturated carbocycles. The van der Waals surface area contributed by atoms with Crippen molar-refractivity contribution in [1.82, 2.24) is 15.3 Å². The number of anilines is 1. The maximum absolute atomic E-state index is 11.1. The van der Waals surface area contributed by atoms with Gasteiger partial charge < -0.3 is 16.0 Å². The Morgan fingerprint density at radius 2 is 1.93 bits per heavy atom. The number of nitrogens with two attached hydrogens (primary N) is 1. The summed E-state index contributed by atoms with van der Waals surface area (Å²) in [5.41, 5.74) is 7.26. The van der Waals surface area contributed by atoms with Crippen molar-refractivity contribution in [2.24, 2.45) is 5.73 Å². The highest BCUT2D eigenvalue weighted by Crippen LogP contribution is 2.25. The van der Waals surface area contributed by atoms with Gasteiger partial charge in [0.25, 0.3) is 0 Å². The zero-order chi connectivity index (χ0) is 18.6. The SMILES string of the molecule is NC(=O)NC1CCCN(c2nccc(-c3ccc4ccccc4c3)n2)CC1. The Bertz CT molecular complexity index is 958. The van der Waals surface area contributed by atoms with Gasteiger partial charge in [-0.25, -0.2) is 14.8 Å². The maximum Gasteiger partial charge on any atom is 0.312 e. The lowest BCUT2D eigenvalue weighted by Gasteiger charge is -2.21. The average Bonchev–Trinajstić information content (AvgIpc) is 2.93. The molecular weight excluding hydrogens is 338 g/mol. The van der Waals surface area contributed by atoms with E-state index >= 15 is 0 Å². The predicted molar refractivity (Wildman–Crippen MR) is 108 cm³/mol. The van der Waals surface area contributed by atoms with Gasteiger partial charge in [-0.05, 0) is 42.2 Å². The number of hydrogen-bond donors (Lipinski definition) is 2. The molecule has 1 aliphatic rings. The number of amides is 2. The third kappa shape index (κ3) is 4.00. The van der Waals surface area contributed by atoms with Crippen molar-refractivity contribution in [2.45, 2.75) is 25.3 Å². The lowest BCUT2D eigenvalue weighted by atomic mass is 10.1. The van der Waals surface area contributed by atoms with E-state index in [2.05, 4.69) is 45.5 Å². The van der Waals surface area contributed by atoms with Crippen LogP contribution in [0.3, 0.4) is 0 Å². The van der Waals surface area contributed by atoms with Crippen molar-refractivity contribution < 1.29 is 4.79 Å². The summed E-state index contributed by atoms with van der Waals surface area (Å²) in [6.07, 6.45) is 4.54. The molecule has 4 rings (SSSR count). The smallest absolute Gasteiger partial charge is 0.312 e. The first-order valence-electron chi connectivity index (χ1n) is 9.32. The van der Waals surface area contributed by atoms with E-state index in [1.165, 1.54) is 10.8 Å². The van der Waals surface area contributed by atoms with E-state index in [1.54, 1.807) is 0 Å². The quantitative estimate of drug-likeness (QED) is 0.749. The van der Waals surface area contributed by atoms with Gasteiger partial charge in [-0.3, -0.25) is 0 Å². The first kappa shape index (κ1) is 17.3. The van der Waals surface area contributed by atoms with Crippen LogP contribution in [0.2, 0.25) is 0 Å². The number of nitrogens with zero attached hydrogens (tertiary/aromatic N) is 3. The van der Waals surface area contributed by atoms with E-state index in [4.69, 9.17) is 10.7 Å². The molecule has 0 bridgehead atoms. The second-order valence-electron chi connectivity index (χ2n) is 6.93. The van der Waals surface area contributed by atoms with E-state index in [1.807, 2.05) is 24.4 Å². The first-order chi connectivity index (χ1) is 13.2. The zero-order valence-corrected chi connectivity index (χ0v) is 15.1. The monoisotopic (exact) mass is 361 g/mol. The van der Waals surface area contributed by atoms with Crippen molar-refractivity contribution >= 4 is 22.8 Å². The highest BCUT2D eigenvalue weighted by atomic mass is 16.2. The molecule has 27 heavy (non-hydrogen) atoms. The Morgan fingerprint density at radius 1 is 1.07 bits per heavy atom. The summed E-state index contributed by atoms with van der Waals surface area (Å²) in [5, 5.41) is 5.24. The molecule has 2 amide bonds. The van der Waals surface area contributed by atoms with Gasteiger partial charge in [-0.15, -0.1) is 0 Å². The fourth-order valence-electron chi connectivity index (χ4n) is 3.65. The Balaban J connectivity index is 1.55. The molecule has 138 valence electrons. The molecule has 1 atom stereocenters.